The Morgan fingerprint density at radius 3 is 2.13 bits per heavy atom. The van der Waals surface area contributed by atoms with Crippen molar-refractivity contribution in [3.05, 3.63) is 156 Å². The van der Waals surface area contributed by atoms with Crippen LogP contribution in [-0.2, 0) is 0 Å². The van der Waals surface area contributed by atoms with Crippen molar-refractivity contribution in [2.75, 3.05) is 4.90 Å². The first-order valence-corrected chi connectivity index (χ1v) is 14.1. The number of rotatable bonds is 5. The number of hydrogen-bond donors (Lipinski definition) is 0. The van der Waals surface area contributed by atoms with Gasteiger partial charge in [0.15, 0.2) is 0 Å². The van der Waals surface area contributed by atoms with E-state index >= 15 is 0 Å². The third-order valence-corrected chi connectivity index (χ3v) is 8.04. The van der Waals surface area contributed by atoms with Gasteiger partial charge in [-0.15, -0.1) is 0 Å². The van der Waals surface area contributed by atoms with Gasteiger partial charge in [0.05, 0.1) is 17.1 Å². The minimum Gasteiger partial charge on any atom is -0.334 e. The van der Waals surface area contributed by atoms with Gasteiger partial charge in [-0.05, 0) is 78.2 Å². The quantitative estimate of drug-likeness (QED) is 0.201. The molecule has 1 aliphatic carbocycles. The van der Waals surface area contributed by atoms with Gasteiger partial charge >= 0.3 is 0 Å². The lowest BCUT2D eigenvalue weighted by atomic mass is 9.94. The smallest absolute Gasteiger partial charge is 0.0560 e. The molecular formula is C36H27BrN2. The van der Waals surface area contributed by atoms with Gasteiger partial charge in [0, 0.05) is 32.3 Å². The number of benzene rings is 5. The van der Waals surface area contributed by atoms with Crippen molar-refractivity contribution in [2.24, 2.45) is 0 Å². The van der Waals surface area contributed by atoms with Crippen molar-refractivity contribution in [2.45, 2.75) is 12.5 Å². The van der Waals surface area contributed by atoms with Gasteiger partial charge in [-0.3, -0.25) is 0 Å². The summed E-state index contributed by atoms with van der Waals surface area (Å²) in [5, 5.41) is 2.56. The normalized spacial score (nSPS) is 15.0. The summed E-state index contributed by atoms with van der Waals surface area (Å²) in [5.74, 6) is 0. The highest BCUT2D eigenvalue weighted by molar-refractivity contribution is 9.10. The summed E-state index contributed by atoms with van der Waals surface area (Å²) in [6, 6.07) is 45.7. The van der Waals surface area contributed by atoms with Crippen LogP contribution in [0.2, 0.25) is 0 Å². The molecule has 0 bridgehead atoms. The molecule has 1 heterocycles. The Bertz CT molecular complexity index is 1850. The third-order valence-electron chi connectivity index (χ3n) is 7.55. The Labute approximate surface area is 237 Å². The van der Waals surface area contributed by atoms with Crippen LogP contribution in [0.25, 0.3) is 33.1 Å². The largest absolute Gasteiger partial charge is 0.334 e. The maximum absolute atomic E-state index is 3.66. The lowest BCUT2D eigenvalue weighted by molar-refractivity contribution is 0.787. The number of allylic oxidation sites excluding steroid dienone is 2. The van der Waals surface area contributed by atoms with Crippen LogP contribution in [0.15, 0.2) is 150 Å². The Morgan fingerprint density at radius 2 is 1.36 bits per heavy atom. The average molecular weight is 568 g/mol. The summed E-state index contributed by atoms with van der Waals surface area (Å²) in [5.41, 5.74) is 8.54. The number of fused-ring (bicyclic) bond motifs is 3. The number of anilines is 2. The standard InChI is InChI=1S/C36H27BrN2/c37-28-10-9-15-32(25-28)38(29-11-3-1-4-12-29)31-21-18-26(19-22-31)27-20-23-36-34(24-27)33-16-7-8-17-35(33)39(36)30-13-5-2-6-14-30/h1-21,23-25,31H,22H2. The van der Waals surface area contributed by atoms with Crippen LogP contribution in [0.5, 0.6) is 0 Å². The van der Waals surface area contributed by atoms with Crippen LogP contribution in [0.3, 0.4) is 0 Å². The number of hydrogen-bond acceptors (Lipinski definition) is 1. The summed E-state index contributed by atoms with van der Waals surface area (Å²) in [6.07, 6.45) is 7.95. The zero-order valence-electron chi connectivity index (χ0n) is 21.4. The topological polar surface area (TPSA) is 8.17 Å². The molecule has 2 nitrogen and oxygen atoms in total. The highest BCUT2D eigenvalue weighted by Crippen LogP contribution is 2.37. The van der Waals surface area contributed by atoms with E-state index in [0.29, 0.717) is 0 Å². The van der Waals surface area contributed by atoms with Gasteiger partial charge in [-0.1, -0.05) is 101 Å². The Balaban J connectivity index is 1.26. The fourth-order valence-electron chi connectivity index (χ4n) is 5.77. The van der Waals surface area contributed by atoms with E-state index in [2.05, 4.69) is 171 Å². The molecule has 6 aromatic rings. The fourth-order valence-corrected chi connectivity index (χ4v) is 6.16. The number of halogens is 1. The highest BCUT2D eigenvalue weighted by atomic mass is 79.9. The van der Waals surface area contributed by atoms with Crippen molar-refractivity contribution in [3.63, 3.8) is 0 Å². The summed E-state index contributed by atoms with van der Waals surface area (Å²) in [4.78, 5) is 2.42. The van der Waals surface area contributed by atoms with E-state index in [-0.39, 0.29) is 6.04 Å². The lowest BCUT2D eigenvalue weighted by Crippen LogP contribution is -2.30. The number of para-hydroxylation sites is 3. The minimum atomic E-state index is 0.231. The summed E-state index contributed by atoms with van der Waals surface area (Å²) in [6.45, 7) is 0. The minimum absolute atomic E-state index is 0.231. The van der Waals surface area contributed by atoms with Crippen LogP contribution < -0.4 is 4.90 Å². The average Bonchev–Trinajstić information content (AvgIpc) is 3.32. The molecule has 0 radical (unpaired) electrons. The molecule has 0 saturated carbocycles. The first kappa shape index (κ1) is 23.8. The molecule has 3 heteroatoms. The first-order chi connectivity index (χ1) is 19.3. The molecule has 0 spiro atoms. The van der Waals surface area contributed by atoms with Crippen LogP contribution in [-0.4, -0.2) is 10.6 Å². The van der Waals surface area contributed by atoms with Gasteiger partial charge in [-0.2, -0.15) is 0 Å². The second-order valence-corrected chi connectivity index (χ2v) is 10.8. The molecule has 0 N–H and O–H groups in total. The fraction of sp³-hybridized carbons (Fsp3) is 0.0556. The molecule has 1 atom stereocenters. The molecule has 0 saturated heterocycles. The van der Waals surface area contributed by atoms with Gasteiger partial charge in [0.25, 0.3) is 0 Å². The molecule has 1 aliphatic rings. The van der Waals surface area contributed by atoms with E-state index in [1.54, 1.807) is 0 Å². The van der Waals surface area contributed by atoms with E-state index in [1.807, 2.05) is 0 Å². The number of nitrogens with zero attached hydrogens (tertiary/aromatic N) is 2. The van der Waals surface area contributed by atoms with Gasteiger partial charge in [0.1, 0.15) is 0 Å². The van der Waals surface area contributed by atoms with E-state index in [0.717, 1.165) is 10.9 Å². The van der Waals surface area contributed by atoms with Crippen LogP contribution in [0, 0.1) is 0 Å². The predicted octanol–water partition coefficient (Wildman–Crippen LogP) is 10.1. The van der Waals surface area contributed by atoms with Crippen molar-refractivity contribution < 1.29 is 0 Å². The van der Waals surface area contributed by atoms with Crippen molar-refractivity contribution in [1.82, 2.24) is 4.57 Å². The summed E-state index contributed by atoms with van der Waals surface area (Å²) < 4.78 is 3.45. The number of aromatic nitrogens is 1. The van der Waals surface area contributed by atoms with Gasteiger partial charge < -0.3 is 9.47 Å². The molecular weight excluding hydrogens is 540 g/mol. The monoisotopic (exact) mass is 566 g/mol. The molecule has 1 unspecified atom stereocenters. The second kappa shape index (κ2) is 10.1. The first-order valence-electron chi connectivity index (χ1n) is 13.3. The van der Waals surface area contributed by atoms with Gasteiger partial charge in [-0.25, -0.2) is 0 Å². The van der Waals surface area contributed by atoms with E-state index in [1.165, 1.54) is 50.0 Å². The molecule has 188 valence electrons. The molecule has 7 rings (SSSR count). The third kappa shape index (κ3) is 4.39. The Morgan fingerprint density at radius 1 is 0.641 bits per heavy atom. The molecule has 0 aliphatic heterocycles. The molecule has 0 fully saturated rings. The lowest BCUT2D eigenvalue weighted by Gasteiger charge is -2.33. The summed E-state index contributed by atoms with van der Waals surface area (Å²) >= 11 is 3.66. The van der Waals surface area contributed by atoms with E-state index < -0.39 is 0 Å². The van der Waals surface area contributed by atoms with Crippen molar-refractivity contribution in [1.29, 1.82) is 0 Å². The van der Waals surface area contributed by atoms with E-state index in [9.17, 15) is 0 Å². The molecule has 39 heavy (non-hydrogen) atoms. The SMILES string of the molecule is Brc1cccc(N(c2ccccc2)C2C=CC(c3ccc4c(c3)c3ccccc3n4-c3ccccc3)=CC2)c1. The van der Waals surface area contributed by atoms with Crippen molar-refractivity contribution in [3.8, 4) is 5.69 Å². The van der Waals surface area contributed by atoms with E-state index in [4.69, 9.17) is 0 Å². The Kier molecular flexibility index (Phi) is 6.14. The second-order valence-electron chi connectivity index (χ2n) is 9.93. The Hall–Kier alpha value is -4.34. The molecule has 1 aromatic heterocycles. The zero-order chi connectivity index (χ0) is 26.2. The van der Waals surface area contributed by atoms with Gasteiger partial charge in [0.2, 0.25) is 0 Å². The van der Waals surface area contributed by atoms with Crippen LogP contribution in [0.1, 0.15) is 12.0 Å². The maximum Gasteiger partial charge on any atom is 0.0560 e. The highest BCUT2D eigenvalue weighted by Gasteiger charge is 2.21. The zero-order valence-corrected chi connectivity index (χ0v) is 23.0. The van der Waals surface area contributed by atoms with Crippen LogP contribution >= 0.6 is 15.9 Å². The summed E-state index contributed by atoms with van der Waals surface area (Å²) in [7, 11) is 0. The predicted molar refractivity (Wildman–Crippen MR) is 169 cm³/mol. The maximum atomic E-state index is 3.66. The molecule has 5 aromatic carbocycles. The van der Waals surface area contributed by atoms with Crippen molar-refractivity contribution >= 4 is 54.7 Å². The van der Waals surface area contributed by atoms with Crippen LogP contribution in [0.4, 0.5) is 11.4 Å². The molecule has 0 amide bonds.